The number of benzene rings is 2. The second-order valence-corrected chi connectivity index (χ2v) is 4.51. The van der Waals surface area contributed by atoms with Gasteiger partial charge in [0.15, 0.2) is 0 Å². The number of carbonyl (C=O) groups is 1. The SMILES string of the molecule is O=C(NCCOc1cccc(F)c1)N(S)c1cc[c]cc1. The number of anilines is 1. The third-order valence-corrected chi connectivity index (χ3v) is 2.99. The molecule has 109 valence electrons. The van der Waals surface area contributed by atoms with Crippen LogP contribution in [0.25, 0.3) is 0 Å². The van der Waals surface area contributed by atoms with Gasteiger partial charge in [0.2, 0.25) is 0 Å². The van der Waals surface area contributed by atoms with E-state index in [1.807, 2.05) is 0 Å². The number of nitrogens with one attached hydrogen (secondary N) is 1. The van der Waals surface area contributed by atoms with Crippen LogP contribution in [0.2, 0.25) is 0 Å². The first-order valence-corrected chi connectivity index (χ1v) is 6.68. The maximum absolute atomic E-state index is 12.9. The van der Waals surface area contributed by atoms with E-state index in [4.69, 9.17) is 4.74 Å². The minimum atomic E-state index is -0.368. The van der Waals surface area contributed by atoms with E-state index in [0.717, 1.165) is 0 Å². The molecule has 0 aromatic heterocycles. The Kier molecular flexibility index (Phi) is 5.45. The summed E-state index contributed by atoms with van der Waals surface area (Å²) in [5.41, 5.74) is 0.639. The molecule has 0 saturated heterocycles. The zero-order chi connectivity index (χ0) is 15.1. The first-order chi connectivity index (χ1) is 10.2. The maximum Gasteiger partial charge on any atom is 0.332 e. The Labute approximate surface area is 128 Å². The number of ether oxygens (including phenoxy) is 1. The molecule has 0 fully saturated rings. The molecule has 0 aliphatic carbocycles. The van der Waals surface area contributed by atoms with Gasteiger partial charge in [-0.2, -0.15) is 0 Å². The van der Waals surface area contributed by atoms with Crippen molar-refractivity contribution in [1.82, 2.24) is 5.32 Å². The molecule has 1 radical (unpaired) electrons. The molecule has 0 aliphatic rings. The van der Waals surface area contributed by atoms with E-state index in [-0.39, 0.29) is 25.0 Å². The number of halogens is 1. The third kappa shape index (κ3) is 4.68. The topological polar surface area (TPSA) is 41.6 Å². The maximum atomic E-state index is 12.9. The second-order valence-electron chi connectivity index (χ2n) is 4.11. The summed E-state index contributed by atoms with van der Waals surface area (Å²) < 4.78 is 19.4. The number of urea groups is 1. The molecule has 0 spiro atoms. The van der Waals surface area contributed by atoms with Crippen LogP contribution in [0.4, 0.5) is 14.9 Å². The fraction of sp³-hybridized carbons (Fsp3) is 0.133. The van der Waals surface area contributed by atoms with E-state index in [9.17, 15) is 9.18 Å². The van der Waals surface area contributed by atoms with Crippen LogP contribution < -0.4 is 14.4 Å². The molecule has 4 nitrogen and oxygen atoms in total. The van der Waals surface area contributed by atoms with Crippen LogP contribution in [0.15, 0.2) is 48.5 Å². The molecule has 2 aromatic rings. The summed E-state index contributed by atoms with van der Waals surface area (Å²) in [6.07, 6.45) is 0. The van der Waals surface area contributed by atoms with Gasteiger partial charge in [0.1, 0.15) is 18.2 Å². The fourth-order valence-electron chi connectivity index (χ4n) is 1.60. The Bertz CT molecular complexity index is 595. The summed E-state index contributed by atoms with van der Waals surface area (Å²) in [5, 5.41) is 2.65. The van der Waals surface area contributed by atoms with E-state index in [1.54, 1.807) is 36.4 Å². The van der Waals surface area contributed by atoms with Crippen LogP contribution >= 0.6 is 12.8 Å². The van der Waals surface area contributed by atoms with Gasteiger partial charge in [-0.05, 0) is 30.3 Å². The zero-order valence-corrected chi connectivity index (χ0v) is 12.0. The van der Waals surface area contributed by atoms with Crippen molar-refractivity contribution in [3.8, 4) is 5.75 Å². The van der Waals surface area contributed by atoms with Gasteiger partial charge >= 0.3 is 6.03 Å². The molecule has 0 bridgehead atoms. The highest BCUT2D eigenvalue weighted by molar-refractivity contribution is 7.82. The van der Waals surface area contributed by atoms with Gasteiger partial charge in [0.25, 0.3) is 0 Å². The molecule has 0 heterocycles. The van der Waals surface area contributed by atoms with Crippen LogP contribution in [-0.2, 0) is 0 Å². The van der Waals surface area contributed by atoms with Gasteiger partial charge in [-0.25, -0.2) is 13.5 Å². The number of nitrogens with zero attached hydrogens (tertiary/aromatic N) is 1. The molecule has 0 unspecified atom stereocenters. The van der Waals surface area contributed by atoms with Crippen molar-refractivity contribution >= 4 is 24.5 Å². The van der Waals surface area contributed by atoms with Gasteiger partial charge in [0, 0.05) is 6.07 Å². The number of rotatable bonds is 5. The standard InChI is InChI=1S/C15H14FN2O2S/c16-12-5-4-8-14(11-12)20-10-9-17-15(19)18(21)13-6-2-1-3-7-13/h2-8,11,21H,9-10H2,(H,17,19). The highest BCUT2D eigenvalue weighted by Gasteiger charge is 2.10. The molecule has 2 amide bonds. The molecule has 0 saturated carbocycles. The van der Waals surface area contributed by atoms with Crippen LogP contribution in [-0.4, -0.2) is 19.2 Å². The largest absolute Gasteiger partial charge is 0.492 e. The molecule has 2 aromatic carbocycles. The minimum absolute atomic E-state index is 0.235. The van der Waals surface area contributed by atoms with Crippen molar-refractivity contribution in [3.05, 3.63) is 60.4 Å². The Hall–Kier alpha value is -2.21. The van der Waals surface area contributed by atoms with E-state index >= 15 is 0 Å². The molecule has 21 heavy (non-hydrogen) atoms. The van der Waals surface area contributed by atoms with Crippen molar-refractivity contribution < 1.29 is 13.9 Å². The smallest absolute Gasteiger partial charge is 0.332 e. The highest BCUT2D eigenvalue weighted by atomic mass is 32.1. The molecule has 0 aliphatic heterocycles. The normalized spacial score (nSPS) is 10.0. The predicted molar refractivity (Wildman–Crippen MR) is 82.0 cm³/mol. The lowest BCUT2D eigenvalue weighted by Gasteiger charge is -2.16. The lowest BCUT2D eigenvalue weighted by atomic mass is 10.3. The number of amides is 2. The average Bonchev–Trinajstić information content (AvgIpc) is 2.51. The molecule has 1 N–H and O–H groups in total. The van der Waals surface area contributed by atoms with Gasteiger partial charge in [-0.1, -0.05) is 31.0 Å². The Morgan fingerprint density at radius 3 is 2.81 bits per heavy atom. The van der Waals surface area contributed by atoms with Crippen molar-refractivity contribution in [1.29, 1.82) is 0 Å². The minimum Gasteiger partial charge on any atom is -0.492 e. The van der Waals surface area contributed by atoms with Crippen LogP contribution in [0, 0.1) is 11.9 Å². The summed E-state index contributed by atoms with van der Waals surface area (Å²) in [4.78, 5) is 11.8. The average molecular weight is 305 g/mol. The number of hydrogen-bond donors (Lipinski definition) is 2. The zero-order valence-electron chi connectivity index (χ0n) is 11.1. The van der Waals surface area contributed by atoms with Gasteiger partial charge < -0.3 is 10.1 Å². The van der Waals surface area contributed by atoms with E-state index in [1.165, 1.54) is 16.4 Å². The van der Waals surface area contributed by atoms with Crippen molar-refractivity contribution in [2.75, 3.05) is 17.5 Å². The number of hydrogen-bond acceptors (Lipinski definition) is 3. The molecular formula is C15H14FN2O2S. The quantitative estimate of drug-likeness (QED) is 0.658. The summed E-state index contributed by atoms with van der Waals surface area (Å²) in [6, 6.07) is 15.1. The summed E-state index contributed by atoms with van der Waals surface area (Å²) >= 11 is 4.12. The molecular weight excluding hydrogens is 291 g/mol. The summed E-state index contributed by atoms with van der Waals surface area (Å²) in [7, 11) is 0. The monoisotopic (exact) mass is 305 g/mol. The summed E-state index contributed by atoms with van der Waals surface area (Å²) in [5.74, 6) is 0.0597. The van der Waals surface area contributed by atoms with Crippen molar-refractivity contribution in [2.45, 2.75) is 0 Å². The second kappa shape index (κ2) is 7.54. The van der Waals surface area contributed by atoms with Crippen molar-refractivity contribution in [2.24, 2.45) is 0 Å². The first kappa shape index (κ1) is 15.2. The van der Waals surface area contributed by atoms with Crippen LogP contribution in [0.3, 0.4) is 0 Å². The predicted octanol–water partition coefficient (Wildman–Crippen LogP) is 3.07. The van der Waals surface area contributed by atoms with Gasteiger partial charge in [0.05, 0.1) is 12.2 Å². The van der Waals surface area contributed by atoms with E-state index < -0.39 is 0 Å². The first-order valence-electron chi connectivity index (χ1n) is 6.28. The van der Waals surface area contributed by atoms with Gasteiger partial charge in [-0.15, -0.1) is 0 Å². The summed E-state index contributed by atoms with van der Waals surface area (Å²) in [6.45, 7) is 0.519. The lowest BCUT2D eigenvalue weighted by Crippen LogP contribution is -2.36. The van der Waals surface area contributed by atoms with Crippen molar-refractivity contribution in [3.63, 3.8) is 0 Å². The number of carbonyl (C=O) groups excluding carboxylic acids is 1. The van der Waals surface area contributed by atoms with E-state index in [2.05, 4.69) is 24.2 Å². The van der Waals surface area contributed by atoms with E-state index in [0.29, 0.717) is 11.4 Å². The van der Waals surface area contributed by atoms with Crippen LogP contribution in [0.1, 0.15) is 0 Å². The highest BCUT2D eigenvalue weighted by Crippen LogP contribution is 2.15. The third-order valence-electron chi connectivity index (χ3n) is 2.58. The Morgan fingerprint density at radius 2 is 2.10 bits per heavy atom. The lowest BCUT2D eigenvalue weighted by molar-refractivity contribution is 0.245. The Balaban J connectivity index is 1.74. The fourth-order valence-corrected chi connectivity index (χ4v) is 1.80. The Morgan fingerprint density at radius 1 is 1.33 bits per heavy atom. The molecule has 0 atom stereocenters. The molecule has 6 heteroatoms. The number of thiol groups is 1. The molecule has 2 rings (SSSR count). The van der Waals surface area contributed by atoms with Gasteiger partial charge in [-0.3, -0.25) is 0 Å². The van der Waals surface area contributed by atoms with Crippen LogP contribution in [0.5, 0.6) is 5.75 Å².